The molecule has 1 unspecified atom stereocenters. The van der Waals surface area contributed by atoms with Gasteiger partial charge in [-0.1, -0.05) is 11.6 Å². The second-order valence-corrected chi connectivity index (χ2v) is 6.23. The van der Waals surface area contributed by atoms with Crippen LogP contribution < -0.4 is 4.72 Å². The number of carboxylic acid groups (broad SMARTS) is 1. The minimum absolute atomic E-state index is 0.0538. The highest BCUT2D eigenvalue weighted by molar-refractivity contribution is 9.10. The van der Waals surface area contributed by atoms with Crippen molar-refractivity contribution in [2.75, 3.05) is 0 Å². The normalized spacial score (nSPS) is 13.4. The summed E-state index contributed by atoms with van der Waals surface area (Å²) in [6.45, 7) is 1.24. The molecule has 0 aliphatic rings. The van der Waals surface area contributed by atoms with E-state index < -0.39 is 22.0 Å². The lowest BCUT2D eigenvalue weighted by molar-refractivity contribution is -0.138. The van der Waals surface area contributed by atoms with Crippen LogP contribution in [-0.4, -0.2) is 25.5 Å². The molecule has 2 N–H and O–H groups in total. The van der Waals surface area contributed by atoms with Gasteiger partial charge in [0.05, 0.1) is 9.92 Å². The number of rotatable bonds is 4. The van der Waals surface area contributed by atoms with Gasteiger partial charge in [0.1, 0.15) is 6.04 Å². The van der Waals surface area contributed by atoms with Crippen molar-refractivity contribution < 1.29 is 18.3 Å². The largest absolute Gasteiger partial charge is 0.480 e. The van der Waals surface area contributed by atoms with Crippen LogP contribution in [0.2, 0.25) is 5.02 Å². The van der Waals surface area contributed by atoms with Gasteiger partial charge in [-0.25, -0.2) is 8.42 Å². The molecule has 0 bridgehead atoms. The topological polar surface area (TPSA) is 83.5 Å². The zero-order valence-corrected chi connectivity index (χ0v) is 11.8. The van der Waals surface area contributed by atoms with Crippen LogP contribution in [0.5, 0.6) is 0 Å². The molecule has 94 valence electrons. The lowest BCUT2D eigenvalue weighted by Gasteiger charge is -2.10. The Kier molecular flexibility index (Phi) is 4.54. The maximum atomic E-state index is 11.8. The number of halogens is 2. The number of aliphatic carboxylic acids is 1. The molecule has 1 aromatic carbocycles. The highest BCUT2D eigenvalue weighted by Gasteiger charge is 2.21. The van der Waals surface area contributed by atoms with E-state index in [1.807, 2.05) is 4.72 Å². The molecule has 0 saturated heterocycles. The molecule has 0 amide bonds. The van der Waals surface area contributed by atoms with Gasteiger partial charge in [0, 0.05) is 4.47 Å². The maximum absolute atomic E-state index is 11.8. The summed E-state index contributed by atoms with van der Waals surface area (Å²) in [6, 6.07) is 2.81. The lowest BCUT2D eigenvalue weighted by Crippen LogP contribution is -2.38. The molecule has 1 atom stereocenters. The molecule has 0 heterocycles. The van der Waals surface area contributed by atoms with Gasteiger partial charge in [-0.2, -0.15) is 4.72 Å². The SMILES string of the molecule is CC(NS(=O)(=O)c1ccc(Cl)c(Br)c1)C(=O)O. The van der Waals surface area contributed by atoms with E-state index in [2.05, 4.69) is 15.9 Å². The van der Waals surface area contributed by atoms with E-state index in [0.29, 0.717) is 9.50 Å². The summed E-state index contributed by atoms with van der Waals surface area (Å²) in [7, 11) is -3.86. The van der Waals surface area contributed by atoms with Crippen LogP contribution in [0.25, 0.3) is 0 Å². The fraction of sp³-hybridized carbons (Fsp3) is 0.222. The smallest absolute Gasteiger partial charge is 0.321 e. The summed E-state index contributed by atoms with van der Waals surface area (Å²) in [5.41, 5.74) is 0. The van der Waals surface area contributed by atoms with Crippen LogP contribution in [0.4, 0.5) is 0 Å². The highest BCUT2D eigenvalue weighted by atomic mass is 79.9. The van der Waals surface area contributed by atoms with E-state index in [9.17, 15) is 13.2 Å². The summed E-state index contributed by atoms with van der Waals surface area (Å²) in [4.78, 5) is 10.5. The molecule has 0 spiro atoms. The maximum Gasteiger partial charge on any atom is 0.321 e. The molecule has 17 heavy (non-hydrogen) atoms. The molecule has 8 heteroatoms. The van der Waals surface area contributed by atoms with Gasteiger partial charge in [-0.15, -0.1) is 0 Å². The first-order valence-electron chi connectivity index (χ1n) is 4.44. The molecular weight excluding hydrogens is 334 g/mol. The second-order valence-electron chi connectivity index (χ2n) is 3.26. The van der Waals surface area contributed by atoms with Gasteiger partial charge in [-0.05, 0) is 41.1 Å². The molecule has 0 radical (unpaired) electrons. The van der Waals surface area contributed by atoms with Crippen molar-refractivity contribution in [3.63, 3.8) is 0 Å². The summed E-state index contributed by atoms with van der Waals surface area (Å²) in [6.07, 6.45) is 0. The van der Waals surface area contributed by atoms with E-state index in [4.69, 9.17) is 16.7 Å². The highest BCUT2D eigenvalue weighted by Crippen LogP contribution is 2.25. The fourth-order valence-electron chi connectivity index (χ4n) is 0.995. The summed E-state index contributed by atoms with van der Waals surface area (Å²) >= 11 is 8.82. The third-order valence-corrected chi connectivity index (χ3v) is 4.66. The summed E-state index contributed by atoms with van der Waals surface area (Å²) in [5, 5.41) is 9.00. The quantitative estimate of drug-likeness (QED) is 0.875. The number of hydrogen-bond acceptors (Lipinski definition) is 3. The lowest BCUT2D eigenvalue weighted by atomic mass is 10.4. The Morgan fingerprint density at radius 1 is 1.53 bits per heavy atom. The number of hydrogen-bond donors (Lipinski definition) is 2. The van der Waals surface area contributed by atoms with Crippen molar-refractivity contribution in [3.05, 3.63) is 27.7 Å². The number of carbonyl (C=O) groups is 1. The molecule has 0 aliphatic heterocycles. The summed E-state index contributed by atoms with van der Waals surface area (Å²) in [5.74, 6) is -1.25. The van der Waals surface area contributed by atoms with E-state index in [0.717, 1.165) is 0 Å². The zero-order valence-electron chi connectivity index (χ0n) is 8.65. The molecule has 1 rings (SSSR count). The van der Waals surface area contributed by atoms with E-state index >= 15 is 0 Å². The Bertz CT molecular complexity index is 546. The Balaban J connectivity index is 3.05. The van der Waals surface area contributed by atoms with Gasteiger partial charge in [-0.3, -0.25) is 4.79 Å². The average Bonchev–Trinajstić information content (AvgIpc) is 2.21. The first-order valence-corrected chi connectivity index (χ1v) is 7.09. The van der Waals surface area contributed by atoms with Crippen LogP contribution in [0.15, 0.2) is 27.6 Å². The van der Waals surface area contributed by atoms with Gasteiger partial charge < -0.3 is 5.11 Å². The molecule has 0 aliphatic carbocycles. The van der Waals surface area contributed by atoms with E-state index in [1.165, 1.54) is 25.1 Å². The van der Waals surface area contributed by atoms with Gasteiger partial charge >= 0.3 is 5.97 Å². The third-order valence-electron chi connectivity index (χ3n) is 1.90. The van der Waals surface area contributed by atoms with E-state index in [-0.39, 0.29) is 4.90 Å². The van der Waals surface area contributed by atoms with Gasteiger partial charge in [0.25, 0.3) is 0 Å². The second kappa shape index (κ2) is 5.34. The zero-order chi connectivity index (χ0) is 13.2. The van der Waals surface area contributed by atoms with Crippen molar-refractivity contribution in [2.45, 2.75) is 17.9 Å². The van der Waals surface area contributed by atoms with Crippen LogP contribution in [-0.2, 0) is 14.8 Å². The first-order chi connectivity index (χ1) is 7.74. The molecule has 0 aromatic heterocycles. The fourth-order valence-corrected chi connectivity index (χ4v) is 2.87. The van der Waals surface area contributed by atoms with Gasteiger partial charge in [0.2, 0.25) is 10.0 Å². The standard InChI is InChI=1S/C9H9BrClNO4S/c1-5(9(13)14)12-17(15,16)6-2-3-8(11)7(10)4-6/h2-5,12H,1H3,(H,13,14). The van der Waals surface area contributed by atoms with Crippen LogP contribution in [0.1, 0.15) is 6.92 Å². The number of nitrogens with one attached hydrogen (secondary N) is 1. The van der Waals surface area contributed by atoms with Crippen LogP contribution >= 0.6 is 27.5 Å². The van der Waals surface area contributed by atoms with Gasteiger partial charge in [0.15, 0.2) is 0 Å². The number of benzene rings is 1. The minimum Gasteiger partial charge on any atom is -0.480 e. The van der Waals surface area contributed by atoms with Crippen LogP contribution in [0, 0.1) is 0 Å². The predicted octanol–water partition coefficient (Wildman–Crippen LogP) is 1.85. The molecule has 5 nitrogen and oxygen atoms in total. The Morgan fingerprint density at radius 3 is 2.59 bits per heavy atom. The van der Waals surface area contributed by atoms with Crippen molar-refractivity contribution in [1.82, 2.24) is 4.72 Å². The molecule has 0 saturated carbocycles. The van der Waals surface area contributed by atoms with Crippen LogP contribution in [0.3, 0.4) is 0 Å². The Morgan fingerprint density at radius 2 is 2.12 bits per heavy atom. The minimum atomic E-state index is -3.86. The number of sulfonamides is 1. The van der Waals surface area contributed by atoms with Crippen molar-refractivity contribution in [3.8, 4) is 0 Å². The number of carboxylic acids is 1. The van der Waals surface area contributed by atoms with Crippen molar-refractivity contribution in [2.24, 2.45) is 0 Å². The van der Waals surface area contributed by atoms with Crippen molar-refractivity contribution >= 4 is 43.5 Å². The molecule has 0 fully saturated rings. The Hall–Kier alpha value is -0.630. The molecule has 1 aromatic rings. The third kappa shape index (κ3) is 3.67. The Labute approximate surface area is 112 Å². The average molecular weight is 343 g/mol. The first kappa shape index (κ1) is 14.4. The molecular formula is C9H9BrClNO4S. The van der Waals surface area contributed by atoms with E-state index in [1.54, 1.807) is 0 Å². The van der Waals surface area contributed by atoms with Crippen molar-refractivity contribution in [1.29, 1.82) is 0 Å². The summed E-state index contributed by atoms with van der Waals surface area (Å²) < 4.78 is 26.0. The predicted molar refractivity (Wildman–Crippen MR) is 66.6 cm³/mol. The monoisotopic (exact) mass is 341 g/mol.